The highest BCUT2D eigenvalue weighted by atomic mass is 16.5. The largest absolute Gasteiger partial charge is 0.488 e. The summed E-state index contributed by atoms with van der Waals surface area (Å²) in [7, 11) is 0. The molecule has 1 aliphatic heterocycles. The number of ether oxygens (including phenoxy) is 2. The van der Waals surface area contributed by atoms with E-state index in [-0.39, 0.29) is 17.2 Å². The second-order valence-electron chi connectivity index (χ2n) is 6.94. The van der Waals surface area contributed by atoms with Crippen molar-refractivity contribution in [1.82, 2.24) is 10.5 Å². The number of aromatic nitrogens is 1. The molecule has 2 aromatic heterocycles. The van der Waals surface area contributed by atoms with Crippen LogP contribution in [-0.4, -0.2) is 29.8 Å². The molecule has 0 atom stereocenters. The Kier molecular flexibility index (Phi) is 4.35. The van der Waals surface area contributed by atoms with Gasteiger partial charge in [0.1, 0.15) is 12.2 Å². The predicted molar refractivity (Wildman–Crippen MR) is 96.9 cm³/mol. The summed E-state index contributed by atoms with van der Waals surface area (Å²) >= 11 is 0. The van der Waals surface area contributed by atoms with Gasteiger partial charge in [-0.05, 0) is 32.0 Å². The number of fused-ring (bicyclic) bond motifs is 1. The van der Waals surface area contributed by atoms with Gasteiger partial charge in [-0.3, -0.25) is 4.79 Å². The van der Waals surface area contributed by atoms with E-state index >= 15 is 0 Å². The van der Waals surface area contributed by atoms with Crippen molar-refractivity contribution in [2.75, 3.05) is 13.2 Å². The number of amides is 1. The van der Waals surface area contributed by atoms with Gasteiger partial charge < -0.3 is 23.7 Å². The molecular weight excluding hydrogens is 348 g/mol. The molecule has 7 nitrogen and oxygen atoms in total. The van der Waals surface area contributed by atoms with Crippen LogP contribution in [0.4, 0.5) is 0 Å². The van der Waals surface area contributed by atoms with Crippen molar-refractivity contribution in [1.29, 1.82) is 0 Å². The molecule has 4 rings (SSSR count). The fourth-order valence-corrected chi connectivity index (χ4v) is 3.03. The molecule has 1 amide bonds. The van der Waals surface area contributed by atoms with Gasteiger partial charge in [0.15, 0.2) is 23.0 Å². The molecular formula is C20H20N2O5. The van der Waals surface area contributed by atoms with Crippen molar-refractivity contribution in [2.24, 2.45) is 0 Å². The molecule has 7 heteroatoms. The molecule has 0 radical (unpaired) electrons. The van der Waals surface area contributed by atoms with Crippen molar-refractivity contribution in [3.8, 4) is 23.0 Å². The Morgan fingerprint density at radius 3 is 2.96 bits per heavy atom. The minimum Gasteiger partial charge on any atom is -0.488 e. The third kappa shape index (κ3) is 3.67. The molecule has 3 aromatic rings. The van der Waals surface area contributed by atoms with Gasteiger partial charge in [0.05, 0.1) is 12.8 Å². The second-order valence-corrected chi connectivity index (χ2v) is 6.94. The van der Waals surface area contributed by atoms with Gasteiger partial charge in [-0.15, -0.1) is 0 Å². The molecule has 140 valence electrons. The van der Waals surface area contributed by atoms with Crippen LogP contribution in [0.5, 0.6) is 11.5 Å². The number of nitrogens with one attached hydrogen (secondary N) is 1. The Labute approximate surface area is 156 Å². The molecule has 27 heavy (non-hydrogen) atoms. The van der Waals surface area contributed by atoms with Crippen LogP contribution >= 0.6 is 0 Å². The van der Waals surface area contributed by atoms with Crippen molar-refractivity contribution < 1.29 is 23.2 Å². The predicted octanol–water partition coefficient (Wildman–Crippen LogP) is 3.46. The summed E-state index contributed by atoms with van der Waals surface area (Å²) in [4.78, 5) is 12.2. The number of furan rings is 1. The topological polar surface area (TPSA) is 86.7 Å². The smallest absolute Gasteiger partial charge is 0.273 e. The van der Waals surface area contributed by atoms with E-state index in [1.165, 1.54) is 12.3 Å². The summed E-state index contributed by atoms with van der Waals surface area (Å²) in [5.74, 6) is 2.06. The van der Waals surface area contributed by atoms with Crippen molar-refractivity contribution in [3.05, 3.63) is 53.9 Å². The van der Waals surface area contributed by atoms with E-state index in [0.29, 0.717) is 30.4 Å². The first-order valence-electron chi connectivity index (χ1n) is 8.74. The number of para-hydroxylation sites is 1. The van der Waals surface area contributed by atoms with Crippen LogP contribution in [0, 0.1) is 0 Å². The number of nitrogens with zero attached hydrogens (tertiary/aromatic N) is 1. The Morgan fingerprint density at radius 2 is 2.15 bits per heavy atom. The first-order valence-corrected chi connectivity index (χ1v) is 8.74. The summed E-state index contributed by atoms with van der Waals surface area (Å²) < 4.78 is 22.1. The van der Waals surface area contributed by atoms with Crippen LogP contribution in [0.2, 0.25) is 0 Å². The van der Waals surface area contributed by atoms with Crippen LogP contribution in [0.25, 0.3) is 11.5 Å². The molecule has 0 saturated heterocycles. The van der Waals surface area contributed by atoms with Crippen LogP contribution in [-0.2, 0) is 6.42 Å². The summed E-state index contributed by atoms with van der Waals surface area (Å²) in [5, 5.41) is 6.52. The molecule has 1 aromatic carbocycles. The fourth-order valence-electron chi connectivity index (χ4n) is 3.03. The zero-order valence-electron chi connectivity index (χ0n) is 15.2. The number of rotatable bonds is 6. The van der Waals surface area contributed by atoms with Crippen molar-refractivity contribution in [3.63, 3.8) is 0 Å². The molecule has 0 bridgehead atoms. The van der Waals surface area contributed by atoms with Crippen LogP contribution < -0.4 is 14.8 Å². The molecule has 0 fully saturated rings. The number of hydrogen-bond acceptors (Lipinski definition) is 6. The highest BCUT2D eigenvalue weighted by Crippen LogP contribution is 2.41. The first kappa shape index (κ1) is 17.2. The SMILES string of the molecule is CC1(C)Cc2cccc(OCCNC(=O)c3cc(-c4ccco4)on3)c2O1. The van der Waals surface area contributed by atoms with Gasteiger partial charge in [-0.1, -0.05) is 17.3 Å². The van der Waals surface area contributed by atoms with Gasteiger partial charge in [0, 0.05) is 18.1 Å². The Balaban J connectivity index is 1.30. The molecule has 0 unspecified atom stereocenters. The van der Waals surface area contributed by atoms with E-state index in [1.54, 1.807) is 12.1 Å². The van der Waals surface area contributed by atoms with E-state index in [1.807, 2.05) is 32.0 Å². The standard InChI is InChI=1S/C20H20N2O5/c1-20(2)12-13-5-3-6-16(18(13)26-20)25-10-8-21-19(23)14-11-17(27-22-14)15-7-4-9-24-15/h3-7,9,11H,8,10,12H2,1-2H3,(H,21,23). The number of carbonyl (C=O) groups excluding carboxylic acids is 1. The van der Waals surface area contributed by atoms with Gasteiger partial charge in [0.2, 0.25) is 5.76 Å². The fraction of sp³-hybridized carbons (Fsp3) is 0.300. The minimum absolute atomic E-state index is 0.187. The number of carbonyl (C=O) groups is 1. The van der Waals surface area contributed by atoms with Gasteiger partial charge in [-0.2, -0.15) is 0 Å². The lowest BCUT2D eigenvalue weighted by molar-refractivity contribution is 0.0937. The zero-order chi connectivity index (χ0) is 18.9. The minimum atomic E-state index is -0.337. The maximum Gasteiger partial charge on any atom is 0.273 e. The second kappa shape index (κ2) is 6.83. The first-order chi connectivity index (χ1) is 13.0. The Hall–Kier alpha value is -3.22. The molecule has 0 saturated carbocycles. The average molecular weight is 368 g/mol. The lowest BCUT2D eigenvalue weighted by Gasteiger charge is -2.18. The Bertz CT molecular complexity index is 943. The van der Waals surface area contributed by atoms with Gasteiger partial charge in [-0.25, -0.2) is 0 Å². The van der Waals surface area contributed by atoms with E-state index < -0.39 is 0 Å². The average Bonchev–Trinajstić information content (AvgIpc) is 3.35. The van der Waals surface area contributed by atoms with Crippen LogP contribution in [0.1, 0.15) is 29.9 Å². The van der Waals surface area contributed by atoms with Gasteiger partial charge >= 0.3 is 0 Å². The summed E-state index contributed by atoms with van der Waals surface area (Å²) in [6, 6.07) is 10.9. The summed E-state index contributed by atoms with van der Waals surface area (Å²) in [6.45, 7) is 4.74. The van der Waals surface area contributed by atoms with E-state index in [9.17, 15) is 4.79 Å². The van der Waals surface area contributed by atoms with Crippen molar-refractivity contribution >= 4 is 5.91 Å². The third-order valence-electron chi connectivity index (χ3n) is 4.21. The quantitative estimate of drug-likeness (QED) is 0.671. The van der Waals surface area contributed by atoms with Crippen LogP contribution in [0.3, 0.4) is 0 Å². The summed E-state index contributed by atoms with van der Waals surface area (Å²) in [6.07, 6.45) is 2.38. The highest BCUT2D eigenvalue weighted by Gasteiger charge is 2.32. The van der Waals surface area contributed by atoms with Crippen molar-refractivity contribution in [2.45, 2.75) is 25.9 Å². The van der Waals surface area contributed by atoms with E-state index in [2.05, 4.69) is 10.5 Å². The third-order valence-corrected chi connectivity index (χ3v) is 4.21. The number of benzene rings is 1. The highest BCUT2D eigenvalue weighted by molar-refractivity contribution is 5.92. The molecule has 1 aliphatic rings. The maximum absolute atomic E-state index is 12.2. The lowest BCUT2D eigenvalue weighted by Crippen LogP contribution is -2.28. The maximum atomic E-state index is 12.2. The zero-order valence-corrected chi connectivity index (χ0v) is 15.2. The molecule has 1 N–H and O–H groups in total. The Morgan fingerprint density at radius 1 is 1.26 bits per heavy atom. The van der Waals surface area contributed by atoms with Gasteiger partial charge in [0.25, 0.3) is 5.91 Å². The molecule has 0 aliphatic carbocycles. The van der Waals surface area contributed by atoms with E-state index in [4.69, 9.17) is 18.4 Å². The molecule has 3 heterocycles. The van der Waals surface area contributed by atoms with Crippen LogP contribution in [0.15, 0.2) is 51.6 Å². The molecule has 0 spiro atoms. The lowest BCUT2D eigenvalue weighted by atomic mass is 10.0. The number of hydrogen-bond donors (Lipinski definition) is 1. The monoisotopic (exact) mass is 368 g/mol. The normalized spacial score (nSPS) is 14.4. The summed E-state index contributed by atoms with van der Waals surface area (Å²) in [5.41, 5.74) is 1.09. The van der Waals surface area contributed by atoms with E-state index in [0.717, 1.165) is 17.7 Å².